The number of rotatable bonds is 3. The first kappa shape index (κ1) is 12.8. The van der Waals surface area contributed by atoms with Crippen molar-refractivity contribution in [3.63, 3.8) is 0 Å². The lowest BCUT2D eigenvalue weighted by Crippen LogP contribution is -2.26. The molecule has 4 nitrogen and oxygen atoms in total. The van der Waals surface area contributed by atoms with E-state index in [2.05, 4.69) is 38.1 Å². The van der Waals surface area contributed by atoms with Crippen LogP contribution in [0.2, 0.25) is 0 Å². The van der Waals surface area contributed by atoms with Crippen LogP contribution in [0.15, 0.2) is 29.0 Å². The summed E-state index contributed by atoms with van der Waals surface area (Å²) in [6.45, 7) is 3.92. The minimum Gasteiger partial charge on any atom is -0.381 e. The van der Waals surface area contributed by atoms with Gasteiger partial charge in [-0.3, -0.25) is 9.97 Å². The number of hydrogen-bond acceptors (Lipinski definition) is 4. The second kappa shape index (κ2) is 5.43. The summed E-state index contributed by atoms with van der Waals surface area (Å²) in [5.41, 5.74) is 2.85. The molecule has 3 rings (SSSR count). The Balaban J connectivity index is 1.87. The van der Waals surface area contributed by atoms with Crippen molar-refractivity contribution >= 4 is 32.7 Å². The number of pyridine rings is 2. The van der Waals surface area contributed by atoms with Gasteiger partial charge >= 0.3 is 0 Å². The number of halogens is 1. The molecule has 1 N–H and O–H groups in total. The van der Waals surface area contributed by atoms with Gasteiger partial charge in [-0.1, -0.05) is 0 Å². The Labute approximate surface area is 120 Å². The Morgan fingerprint density at radius 2 is 2.37 bits per heavy atom. The van der Waals surface area contributed by atoms with E-state index in [0.717, 1.165) is 40.8 Å². The van der Waals surface area contributed by atoms with Gasteiger partial charge in [-0.25, -0.2) is 0 Å². The van der Waals surface area contributed by atoms with E-state index in [0.29, 0.717) is 12.0 Å². The van der Waals surface area contributed by atoms with Gasteiger partial charge in [0.15, 0.2) is 0 Å². The fraction of sp³-hybridized carbons (Fsp3) is 0.429. The SMILES string of the molecule is CC(Nc1ccnc2cc(Br)cnc12)C1CCOC1. The number of nitrogens with one attached hydrogen (secondary N) is 1. The van der Waals surface area contributed by atoms with E-state index in [1.54, 1.807) is 6.20 Å². The maximum Gasteiger partial charge on any atom is 0.112 e. The Hall–Kier alpha value is -1.20. The van der Waals surface area contributed by atoms with E-state index in [-0.39, 0.29) is 0 Å². The zero-order valence-corrected chi connectivity index (χ0v) is 12.4. The highest BCUT2D eigenvalue weighted by atomic mass is 79.9. The number of aromatic nitrogens is 2. The van der Waals surface area contributed by atoms with Crippen LogP contribution in [0.1, 0.15) is 13.3 Å². The monoisotopic (exact) mass is 321 g/mol. The number of fused-ring (bicyclic) bond motifs is 1. The van der Waals surface area contributed by atoms with Gasteiger partial charge in [0.05, 0.1) is 17.8 Å². The molecule has 2 aromatic rings. The quantitative estimate of drug-likeness (QED) is 0.942. The summed E-state index contributed by atoms with van der Waals surface area (Å²) in [5, 5.41) is 3.55. The molecular weight excluding hydrogens is 306 g/mol. The van der Waals surface area contributed by atoms with Gasteiger partial charge in [-0.2, -0.15) is 0 Å². The van der Waals surface area contributed by atoms with Gasteiger partial charge in [0, 0.05) is 35.4 Å². The third-order valence-electron chi connectivity index (χ3n) is 3.60. The van der Waals surface area contributed by atoms with Crippen molar-refractivity contribution in [2.24, 2.45) is 5.92 Å². The average Bonchev–Trinajstić information content (AvgIpc) is 2.92. The summed E-state index contributed by atoms with van der Waals surface area (Å²) in [6, 6.07) is 4.34. The minimum absolute atomic E-state index is 0.374. The number of nitrogens with zero attached hydrogens (tertiary/aromatic N) is 2. The topological polar surface area (TPSA) is 47.0 Å². The highest BCUT2D eigenvalue weighted by Crippen LogP contribution is 2.25. The highest BCUT2D eigenvalue weighted by molar-refractivity contribution is 9.10. The van der Waals surface area contributed by atoms with Crippen molar-refractivity contribution in [3.8, 4) is 0 Å². The van der Waals surface area contributed by atoms with E-state index in [4.69, 9.17) is 4.74 Å². The smallest absolute Gasteiger partial charge is 0.112 e. The van der Waals surface area contributed by atoms with Crippen molar-refractivity contribution in [1.82, 2.24) is 9.97 Å². The minimum atomic E-state index is 0.374. The maximum atomic E-state index is 5.44. The Morgan fingerprint density at radius 3 is 3.16 bits per heavy atom. The van der Waals surface area contributed by atoms with E-state index in [1.165, 1.54) is 0 Å². The number of hydrogen-bond donors (Lipinski definition) is 1. The predicted molar refractivity (Wildman–Crippen MR) is 79.2 cm³/mol. The first-order valence-corrected chi connectivity index (χ1v) is 7.28. The fourth-order valence-electron chi connectivity index (χ4n) is 2.43. The van der Waals surface area contributed by atoms with Crippen molar-refractivity contribution in [2.75, 3.05) is 18.5 Å². The lowest BCUT2D eigenvalue weighted by Gasteiger charge is -2.21. The zero-order valence-electron chi connectivity index (χ0n) is 10.8. The summed E-state index contributed by atoms with van der Waals surface area (Å²) in [4.78, 5) is 8.81. The summed E-state index contributed by atoms with van der Waals surface area (Å²) < 4.78 is 6.39. The summed E-state index contributed by atoms with van der Waals surface area (Å²) in [6.07, 6.45) is 4.74. The van der Waals surface area contributed by atoms with Crippen LogP contribution < -0.4 is 5.32 Å². The van der Waals surface area contributed by atoms with Crippen LogP contribution in [-0.4, -0.2) is 29.2 Å². The second-order valence-electron chi connectivity index (χ2n) is 4.94. The van der Waals surface area contributed by atoms with Crippen LogP contribution in [-0.2, 0) is 4.74 Å². The largest absolute Gasteiger partial charge is 0.381 e. The van der Waals surface area contributed by atoms with Crippen molar-refractivity contribution in [3.05, 3.63) is 29.0 Å². The highest BCUT2D eigenvalue weighted by Gasteiger charge is 2.22. The molecule has 2 unspecified atom stereocenters. The molecule has 1 aliphatic heterocycles. The molecule has 5 heteroatoms. The van der Waals surface area contributed by atoms with Crippen molar-refractivity contribution in [2.45, 2.75) is 19.4 Å². The molecule has 1 fully saturated rings. The van der Waals surface area contributed by atoms with Crippen LogP contribution in [0.3, 0.4) is 0 Å². The second-order valence-corrected chi connectivity index (χ2v) is 5.85. The number of anilines is 1. The molecule has 0 saturated carbocycles. The average molecular weight is 322 g/mol. The van der Waals surface area contributed by atoms with Crippen LogP contribution in [0.5, 0.6) is 0 Å². The molecule has 0 bridgehead atoms. The van der Waals surface area contributed by atoms with Crippen LogP contribution in [0.25, 0.3) is 11.0 Å². The molecule has 100 valence electrons. The van der Waals surface area contributed by atoms with E-state index in [9.17, 15) is 0 Å². The fourth-order valence-corrected chi connectivity index (χ4v) is 2.75. The maximum absolute atomic E-state index is 5.44. The first-order valence-electron chi connectivity index (χ1n) is 6.48. The Morgan fingerprint density at radius 1 is 1.47 bits per heavy atom. The van der Waals surface area contributed by atoms with Gasteiger partial charge < -0.3 is 10.1 Å². The van der Waals surface area contributed by atoms with Crippen LogP contribution >= 0.6 is 15.9 Å². The van der Waals surface area contributed by atoms with Gasteiger partial charge in [-0.05, 0) is 41.4 Å². The summed E-state index contributed by atoms with van der Waals surface area (Å²) >= 11 is 3.42. The van der Waals surface area contributed by atoms with Gasteiger partial charge in [0.1, 0.15) is 5.52 Å². The molecule has 0 spiro atoms. The van der Waals surface area contributed by atoms with E-state index >= 15 is 0 Å². The molecule has 0 aliphatic carbocycles. The third kappa shape index (κ3) is 2.72. The van der Waals surface area contributed by atoms with E-state index < -0.39 is 0 Å². The summed E-state index contributed by atoms with van der Waals surface area (Å²) in [7, 11) is 0. The van der Waals surface area contributed by atoms with Crippen molar-refractivity contribution in [1.29, 1.82) is 0 Å². The lowest BCUT2D eigenvalue weighted by molar-refractivity contribution is 0.183. The van der Waals surface area contributed by atoms with E-state index in [1.807, 2.05) is 18.3 Å². The first-order chi connectivity index (χ1) is 9.24. The van der Waals surface area contributed by atoms with Crippen LogP contribution in [0, 0.1) is 5.92 Å². The van der Waals surface area contributed by atoms with Crippen LogP contribution in [0.4, 0.5) is 5.69 Å². The van der Waals surface area contributed by atoms with Gasteiger partial charge in [-0.15, -0.1) is 0 Å². The number of ether oxygens (including phenoxy) is 1. The third-order valence-corrected chi connectivity index (χ3v) is 4.03. The zero-order chi connectivity index (χ0) is 13.2. The molecule has 0 aromatic carbocycles. The molecular formula is C14H16BrN3O. The molecule has 2 atom stereocenters. The van der Waals surface area contributed by atoms with Crippen molar-refractivity contribution < 1.29 is 4.74 Å². The van der Waals surface area contributed by atoms with Gasteiger partial charge in [0.25, 0.3) is 0 Å². The molecule has 0 amide bonds. The Bertz CT molecular complexity index is 584. The molecule has 1 aliphatic rings. The Kier molecular flexibility index (Phi) is 3.66. The molecule has 3 heterocycles. The molecule has 19 heavy (non-hydrogen) atoms. The molecule has 0 radical (unpaired) electrons. The molecule has 1 saturated heterocycles. The van der Waals surface area contributed by atoms with Gasteiger partial charge in [0.2, 0.25) is 0 Å². The normalized spacial score (nSPS) is 20.6. The molecule has 2 aromatic heterocycles. The standard InChI is InChI=1S/C14H16BrN3O/c1-9(10-3-5-19-8-10)18-12-2-4-16-13-6-11(15)7-17-14(12)13/h2,4,6-7,9-10H,3,5,8H2,1H3,(H,16,18). The predicted octanol–water partition coefficient (Wildman–Crippen LogP) is 3.23. The summed E-state index contributed by atoms with van der Waals surface area (Å²) in [5.74, 6) is 0.568. The lowest BCUT2D eigenvalue weighted by atomic mass is 10.0.